The Balaban J connectivity index is 1.86. The quantitative estimate of drug-likeness (QED) is 0.857. The second-order valence-electron chi connectivity index (χ2n) is 6.11. The molecule has 1 aliphatic rings. The van der Waals surface area contributed by atoms with Gasteiger partial charge in [-0.25, -0.2) is 4.98 Å². The van der Waals surface area contributed by atoms with E-state index in [4.69, 9.17) is 5.73 Å². The van der Waals surface area contributed by atoms with Gasteiger partial charge < -0.3 is 15.4 Å². The minimum atomic E-state index is -0.814. The van der Waals surface area contributed by atoms with Crippen LogP contribution in [0.3, 0.4) is 0 Å². The van der Waals surface area contributed by atoms with Crippen LogP contribution in [-0.2, 0) is 10.2 Å². The average molecular weight is 299 g/mol. The molecule has 2 unspecified atom stereocenters. The van der Waals surface area contributed by atoms with E-state index >= 15 is 0 Å². The van der Waals surface area contributed by atoms with Gasteiger partial charge in [0.2, 0.25) is 0 Å². The van der Waals surface area contributed by atoms with Gasteiger partial charge in [-0.1, -0.05) is 17.7 Å². The van der Waals surface area contributed by atoms with E-state index in [9.17, 15) is 9.90 Å². The maximum atomic E-state index is 11.8. The van der Waals surface area contributed by atoms with Gasteiger partial charge in [-0.3, -0.25) is 4.79 Å². The number of carboxylic acid groups (broad SMARTS) is 1. The van der Waals surface area contributed by atoms with Gasteiger partial charge in [0.25, 0.3) is 0 Å². The number of aliphatic carboxylic acids is 1. The minimum absolute atomic E-state index is 0.148. The number of nitrogens with two attached hydrogens (primary N) is 1. The number of imidazole rings is 1. The summed E-state index contributed by atoms with van der Waals surface area (Å²) in [6, 6.07) is 8.08. The molecule has 1 fully saturated rings. The topological polar surface area (TPSA) is 81.1 Å². The van der Waals surface area contributed by atoms with Gasteiger partial charge in [-0.05, 0) is 50.8 Å². The lowest BCUT2D eigenvalue weighted by Gasteiger charge is -2.09. The van der Waals surface area contributed by atoms with Crippen LogP contribution in [-0.4, -0.2) is 27.2 Å². The van der Waals surface area contributed by atoms with Crippen molar-refractivity contribution in [2.24, 2.45) is 11.7 Å². The van der Waals surface area contributed by atoms with Gasteiger partial charge in [0.1, 0.15) is 5.41 Å². The highest BCUT2D eigenvalue weighted by Crippen LogP contribution is 2.56. The maximum absolute atomic E-state index is 11.8. The Kier molecular flexibility index (Phi) is 3.74. The van der Waals surface area contributed by atoms with Gasteiger partial charge in [0, 0.05) is 11.9 Å². The lowest BCUT2D eigenvalue weighted by atomic mass is 9.98. The Bertz CT molecular complexity index is 677. The Morgan fingerprint density at radius 2 is 2.18 bits per heavy atom. The zero-order valence-corrected chi connectivity index (χ0v) is 12.7. The summed E-state index contributed by atoms with van der Waals surface area (Å²) in [4.78, 5) is 16.1. The Morgan fingerprint density at radius 3 is 2.82 bits per heavy atom. The number of hydrogen-bond donors (Lipinski definition) is 2. The molecule has 1 aromatic carbocycles. The van der Waals surface area contributed by atoms with Gasteiger partial charge in [-0.15, -0.1) is 0 Å². The first-order valence-corrected chi connectivity index (χ1v) is 7.63. The number of aromatic nitrogens is 2. The van der Waals surface area contributed by atoms with E-state index in [0.717, 1.165) is 18.5 Å². The third kappa shape index (κ3) is 2.41. The monoisotopic (exact) mass is 299 g/mol. The van der Waals surface area contributed by atoms with Crippen LogP contribution in [0.4, 0.5) is 0 Å². The molecule has 22 heavy (non-hydrogen) atoms. The zero-order chi connectivity index (χ0) is 15.7. The van der Waals surface area contributed by atoms with Crippen molar-refractivity contribution in [1.82, 2.24) is 9.55 Å². The van der Waals surface area contributed by atoms with Crippen LogP contribution in [0.15, 0.2) is 36.8 Å². The molecular weight excluding hydrogens is 278 g/mol. The van der Waals surface area contributed by atoms with E-state index in [-0.39, 0.29) is 5.92 Å². The van der Waals surface area contributed by atoms with Crippen molar-refractivity contribution in [3.63, 3.8) is 0 Å². The van der Waals surface area contributed by atoms with Gasteiger partial charge in [-0.2, -0.15) is 0 Å². The summed E-state index contributed by atoms with van der Waals surface area (Å²) in [5.74, 6) is -0.626. The summed E-state index contributed by atoms with van der Waals surface area (Å²) in [7, 11) is 0. The molecule has 2 atom stereocenters. The molecule has 0 amide bonds. The fraction of sp³-hybridized carbons (Fsp3) is 0.412. The first-order chi connectivity index (χ1) is 10.6. The Morgan fingerprint density at radius 1 is 1.45 bits per heavy atom. The fourth-order valence-corrected chi connectivity index (χ4v) is 3.14. The molecule has 0 bridgehead atoms. The van der Waals surface area contributed by atoms with Gasteiger partial charge >= 0.3 is 5.97 Å². The van der Waals surface area contributed by atoms with Crippen LogP contribution in [0.25, 0.3) is 5.69 Å². The summed E-state index contributed by atoms with van der Waals surface area (Å²) >= 11 is 0. The SMILES string of the molecule is Cc1ccc(-n2cnc(C3(C(=O)O)CC3CCCN)c2)cc1. The number of carboxylic acids is 1. The molecule has 3 rings (SSSR count). The average Bonchev–Trinajstić information content (AvgIpc) is 3.04. The largest absolute Gasteiger partial charge is 0.481 e. The molecule has 5 nitrogen and oxygen atoms in total. The number of hydrogen-bond acceptors (Lipinski definition) is 3. The lowest BCUT2D eigenvalue weighted by molar-refractivity contribution is -0.140. The normalized spacial score (nSPS) is 23.5. The van der Waals surface area contributed by atoms with E-state index in [1.807, 2.05) is 42.0 Å². The standard InChI is InChI=1S/C17H21N3O2/c1-12-4-6-14(7-5-12)20-10-15(19-11-20)17(16(21)22)9-13(17)3-2-8-18/h4-7,10-11,13H,2-3,8-9,18H2,1H3,(H,21,22). The number of aryl methyl sites for hydroxylation is 1. The van der Waals surface area contributed by atoms with Crippen molar-refractivity contribution in [2.75, 3.05) is 6.54 Å². The number of benzene rings is 1. The van der Waals surface area contributed by atoms with Crippen LogP contribution in [0.2, 0.25) is 0 Å². The van der Waals surface area contributed by atoms with Crippen molar-refractivity contribution in [3.8, 4) is 5.69 Å². The van der Waals surface area contributed by atoms with Crippen molar-refractivity contribution in [3.05, 3.63) is 48.0 Å². The highest BCUT2D eigenvalue weighted by Gasteiger charge is 2.62. The fourth-order valence-electron chi connectivity index (χ4n) is 3.14. The Hall–Kier alpha value is -2.14. The van der Waals surface area contributed by atoms with Crippen LogP contribution < -0.4 is 5.73 Å². The van der Waals surface area contributed by atoms with Crippen LogP contribution >= 0.6 is 0 Å². The van der Waals surface area contributed by atoms with Gasteiger partial charge in [0.15, 0.2) is 0 Å². The molecule has 0 spiro atoms. The van der Waals surface area contributed by atoms with Gasteiger partial charge in [0.05, 0.1) is 12.0 Å². The molecule has 0 radical (unpaired) electrons. The molecule has 0 saturated heterocycles. The van der Waals surface area contributed by atoms with E-state index in [2.05, 4.69) is 4.98 Å². The van der Waals surface area contributed by atoms with E-state index in [1.54, 1.807) is 6.33 Å². The molecule has 3 N–H and O–H groups in total. The summed E-state index contributed by atoms with van der Waals surface area (Å²) in [5, 5.41) is 9.66. The summed E-state index contributed by atoms with van der Waals surface area (Å²) in [5.41, 5.74) is 7.55. The first-order valence-electron chi connectivity index (χ1n) is 7.63. The second kappa shape index (κ2) is 5.57. The molecule has 1 aromatic heterocycles. The van der Waals surface area contributed by atoms with Crippen LogP contribution in [0.1, 0.15) is 30.5 Å². The smallest absolute Gasteiger partial charge is 0.316 e. The molecule has 1 saturated carbocycles. The summed E-state index contributed by atoms with van der Waals surface area (Å²) in [6.07, 6.45) is 5.91. The highest BCUT2D eigenvalue weighted by molar-refractivity contribution is 5.85. The summed E-state index contributed by atoms with van der Waals surface area (Å²) in [6.45, 7) is 2.64. The lowest BCUT2D eigenvalue weighted by Crippen LogP contribution is -2.23. The molecule has 116 valence electrons. The number of carbonyl (C=O) groups is 1. The maximum Gasteiger partial charge on any atom is 0.316 e. The number of nitrogens with zero attached hydrogens (tertiary/aromatic N) is 2. The third-order valence-corrected chi connectivity index (χ3v) is 4.62. The van der Waals surface area contributed by atoms with Crippen molar-refractivity contribution in [1.29, 1.82) is 0 Å². The predicted molar refractivity (Wildman–Crippen MR) is 84.0 cm³/mol. The third-order valence-electron chi connectivity index (χ3n) is 4.62. The molecule has 5 heteroatoms. The first kappa shape index (κ1) is 14.8. The molecule has 2 aromatic rings. The molecule has 0 aliphatic heterocycles. The van der Waals surface area contributed by atoms with Crippen molar-refractivity contribution < 1.29 is 9.90 Å². The van der Waals surface area contributed by atoms with Crippen molar-refractivity contribution in [2.45, 2.75) is 31.6 Å². The van der Waals surface area contributed by atoms with Crippen LogP contribution in [0.5, 0.6) is 0 Å². The predicted octanol–water partition coefficient (Wildman–Crippen LogP) is 2.26. The molecular formula is C17H21N3O2. The van der Waals surface area contributed by atoms with E-state index in [0.29, 0.717) is 18.7 Å². The zero-order valence-electron chi connectivity index (χ0n) is 12.7. The Labute approximate surface area is 129 Å². The minimum Gasteiger partial charge on any atom is -0.481 e. The van der Waals surface area contributed by atoms with E-state index in [1.165, 1.54) is 5.56 Å². The second-order valence-corrected chi connectivity index (χ2v) is 6.11. The highest BCUT2D eigenvalue weighted by atomic mass is 16.4. The number of rotatable bonds is 6. The molecule has 1 heterocycles. The van der Waals surface area contributed by atoms with E-state index < -0.39 is 11.4 Å². The van der Waals surface area contributed by atoms with Crippen molar-refractivity contribution >= 4 is 5.97 Å². The molecule has 1 aliphatic carbocycles. The van der Waals surface area contributed by atoms with Crippen LogP contribution in [0, 0.1) is 12.8 Å². The summed E-state index contributed by atoms with van der Waals surface area (Å²) < 4.78 is 1.89.